The molecule has 0 aromatic heterocycles. The summed E-state index contributed by atoms with van der Waals surface area (Å²) >= 11 is 0. The third kappa shape index (κ3) is 47.9. The lowest BCUT2D eigenvalue weighted by Crippen LogP contribution is -2.30. The maximum Gasteiger partial charge on any atom is 0.306 e. The quantitative estimate of drug-likeness (QED) is 0.0262. The summed E-state index contributed by atoms with van der Waals surface area (Å²) in [6.45, 7) is 6.43. The first-order chi connectivity index (χ1) is 30.5. The molecule has 0 aromatic rings. The lowest BCUT2D eigenvalue weighted by Gasteiger charge is -2.18. The van der Waals surface area contributed by atoms with Crippen LogP contribution in [0.4, 0.5) is 0 Å². The van der Waals surface area contributed by atoms with Crippen LogP contribution >= 0.6 is 0 Å². The van der Waals surface area contributed by atoms with Crippen molar-refractivity contribution < 1.29 is 28.6 Å². The first kappa shape index (κ1) is 58.9. The monoisotopic (exact) mass is 865 g/mol. The second kappa shape index (κ2) is 50.5. The lowest BCUT2D eigenvalue weighted by molar-refractivity contribution is -0.167. The Morgan fingerprint density at radius 1 is 0.339 bits per heavy atom. The molecule has 0 aliphatic carbocycles. The Morgan fingerprint density at radius 3 is 1.05 bits per heavy atom. The van der Waals surface area contributed by atoms with E-state index in [2.05, 4.69) is 57.2 Å². The Kier molecular flexibility index (Phi) is 47.9. The number of hydrogen-bond donors (Lipinski definition) is 0. The van der Waals surface area contributed by atoms with Gasteiger partial charge in [0.25, 0.3) is 0 Å². The third-order valence-corrected chi connectivity index (χ3v) is 11.1. The molecule has 6 heteroatoms. The van der Waals surface area contributed by atoms with E-state index in [4.69, 9.17) is 14.2 Å². The molecular weight excluding hydrogens is 769 g/mol. The minimum Gasteiger partial charge on any atom is -0.462 e. The molecule has 0 heterocycles. The van der Waals surface area contributed by atoms with Gasteiger partial charge in [0.15, 0.2) is 6.10 Å². The van der Waals surface area contributed by atoms with Gasteiger partial charge in [-0.3, -0.25) is 14.4 Å². The van der Waals surface area contributed by atoms with E-state index in [-0.39, 0.29) is 31.1 Å². The fourth-order valence-electron chi connectivity index (χ4n) is 7.15. The predicted octanol–water partition coefficient (Wildman–Crippen LogP) is 17.0. The van der Waals surface area contributed by atoms with Crippen LogP contribution in [-0.2, 0) is 28.6 Å². The van der Waals surface area contributed by atoms with E-state index < -0.39 is 6.10 Å². The average Bonchev–Trinajstić information content (AvgIpc) is 3.27. The number of esters is 3. The minimum absolute atomic E-state index is 0.0915. The van der Waals surface area contributed by atoms with Crippen molar-refractivity contribution in [3.63, 3.8) is 0 Å². The zero-order valence-corrected chi connectivity index (χ0v) is 40.6. The Hall–Kier alpha value is -3.15. The molecule has 6 nitrogen and oxygen atoms in total. The molecule has 0 amide bonds. The molecule has 0 N–H and O–H groups in total. The molecule has 0 aromatic carbocycles. The SMILES string of the molecule is CC/C=C/C=C/C=C/C=C/CCCCCC(=O)OCC(COC(=O)CCCCCCCCCCCCCCCCCC)OC(=O)CCCCCCCC/C=C/C=C/CCCCC. The molecule has 0 spiro atoms. The molecule has 356 valence electrons. The highest BCUT2D eigenvalue weighted by Gasteiger charge is 2.19. The van der Waals surface area contributed by atoms with E-state index in [1.807, 2.05) is 36.5 Å². The summed E-state index contributed by atoms with van der Waals surface area (Å²) in [6, 6.07) is 0. The van der Waals surface area contributed by atoms with Gasteiger partial charge in [0.2, 0.25) is 0 Å². The van der Waals surface area contributed by atoms with Gasteiger partial charge in [0.05, 0.1) is 0 Å². The fraction of sp³-hybridized carbons (Fsp3) is 0.732. The molecule has 0 rings (SSSR count). The number of rotatable bonds is 46. The van der Waals surface area contributed by atoms with Crippen molar-refractivity contribution in [1.29, 1.82) is 0 Å². The van der Waals surface area contributed by atoms with Crippen LogP contribution in [0.3, 0.4) is 0 Å². The van der Waals surface area contributed by atoms with Crippen molar-refractivity contribution in [3.8, 4) is 0 Å². The van der Waals surface area contributed by atoms with Crippen LogP contribution in [0.25, 0.3) is 0 Å². The maximum atomic E-state index is 12.8. The Bertz CT molecular complexity index is 1180. The Balaban J connectivity index is 4.43. The van der Waals surface area contributed by atoms with Crippen LogP contribution in [0.2, 0.25) is 0 Å². The molecular formula is C56H96O6. The van der Waals surface area contributed by atoms with Gasteiger partial charge in [-0.2, -0.15) is 0 Å². The smallest absolute Gasteiger partial charge is 0.306 e. The van der Waals surface area contributed by atoms with Gasteiger partial charge in [-0.15, -0.1) is 0 Å². The van der Waals surface area contributed by atoms with Crippen LogP contribution in [0, 0.1) is 0 Å². The largest absolute Gasteiger partial charge is 0.462 e. The van der Waals surface area contributed by atoms with Crippen LogP contribution in [0.5, 0.6) is 0 Å². The van der Waals surface area contributed by atoms with Gasteiger partial charge in [-0.1, -0.05) is 235 Å². The van der Waals surface area contributed by atoms with E-state index >= 15 is 0 Å². The second-order valence-corrected chi connectivity index (χ2v) is 17.2. The van der Waals surface area contributed by atoms with Crippen molar-refractivity contribution in [2.24, 2.45) is 0 Å². The first-order valence-corrected chi connectivity index (χ1v) is 26.0. The van der Waals surface area contributed by atoms with Crippen LogP contribution < -0.4 is 0 Å². The van der Waals surface area contributed by atoms with E-state index in [0.717, 1.165) is 83.5 Å². The zero-order chi connectivity index (χ0) is 45.1. The normalized spacial score (nSPS) is 12.6. The van der Waals surface area contributed by atoms with Crippen LogP contribution in [0.15, 0.2) is 72.9 Å². The molecule has 62 heavy (non-hydrogen) atoms. The Labute approximate surface area is 382 Å². The van der Waals surface area contributed by atoms with Crippen molar-refractivity contribution in [3.05, 3.63) is 72.9 Å². The molecule has 1 atom stereocenters. The third-order valence-electron chi connectivity index (χ3n) is 11.1. The molecule has 1 unspecified atom stereocenters. The maximum absolute atomic E-state index is 12.8. The van der Waals surface area contributed by atoms with Crippen molar-refractivity contribution in [2.45, 2.75) is 252 Å². The highest BCUT2D eigenvalue weighted by Crippen LogP contribution is 2.15. The van der Waals surface area contributed by atoms with Crippen LogP contribution in [-0.4, -0.2) is 37.2 Å². The number of carbonyl (C=O) groups is 3. The summed E-state index contributed by atoms with van der Waals surface area (Å²) in [5.41, 5.74) is 0. The van der Waals surface area contributed by atoms with Gasteiger partial charge >= 0.3 is 17.9 Å². The van der Waals surface area contributed by atoms with E-state index in [9.17, 15) is 14.4 Å². The number of hydrogen-bond acceptors (Lipinski definition) is 6. The summed E-state index contributed by atoms with van der Waals surface area (Å²) in [7, 11) is 0. The number of ether oxygens (including phenoxy) is 3. The highest BCUT2D eigenvalue weighted by atomic mass is 16.6. The van der Waals surface area contributed by atoms with Gasteiger partial charge in [-0.25, -0.2) is 0 Å². The first-order valence-electron chi connectivity index (χ1n) is 26.0. The highest BCUT2D eigenvalue weighted by molar-refractivity contribution is 5.71. The minimum atomic E-state index is -0.795. The summed E-state index contributed by atoms with van der Waals surface area (Å²) in [6.07, 6.45) is 63.1. The molecule has 0 aliphatic rings. The summed E-state index contributed by atoms with van der Waals surface area (Å²) in [5.74, 6) is -0.940. The molecule has 0 bridgehead atoms. The zero-order valence-electron chi connectivity index (χ0n) is 40.6. The Morgan fingerprint density at radius 2 is 0.629 bits per heavy atom. The molecule has 0 radical (unpaired) electrons. The second-order valence-electron chi connectivity index (χ2n) is 17.2. The average molecular weight is 865 g/mol. The van der Waals surface area contributed by atoms with Gasteiger partial charge < -0.3 is 14.2 Å². The summed E-state index contributed by atoms with van der Waals surface area (Å²) in [5, 5.41) is 0. The predicted molar refractivity (Wildman–Crippen MR) is 265 cm³/mol. The van der Waals surface area contributed by atoms with Gasteiger partial charge in [-0.05, 0) is 64.2 Å². The van der Waals surface area contributed by atoms with Gasteiger partial charge in [0, 0.05) is 19.3 Å². The van der Waals surface area contributed by atoms with Crippen molar-refractivity contribution >= 4 is 17.9 Å². The summed E-state index contributed by atoms with van der Waals surface area (Å²) < 4.78 is 16.8. The topological polar surface area (TPSA) is 78.9 Å². The van der Waals surface area contributed by atoms with Gasteiger partial charge in [0.1, 0.15) is 13.2 Å². The van der Waals surface area contributed by atoms with E-state index in [0.29, 0.717) is 19.3 Å². The van der Waals surface area contributed by atoms with E-state index in [1.165, 1.54) is 122 Å². The van der Waals surface area contributed by atoms with Crippen LogP contribution in [0.1, 0.15) is 245 Å². The van der Waals surface area contributed by atoms with E-state index in [1.54, 1.807) is 0 Å². The van der Waals surface area contributed by atoms with Crippen molar-refractivity contribution in [2.75, 3.05) is 13.2 Å². The molecule has 0 fully saturated rings. The standard InChI is InChI=1S/C56H96O6/c1-4-7-10-13-16-19-22-25-27-29-31-34-37-40-43-46-49-55(58)61-52-53(51-60-54(57)48-45-42-39-36-33-30-24-21-18-15-12-9-6-3)62-56(59)50-47-44-41-38-35-32-28-26-23-20-17-14-11-8-5-2/h9,12,15,17-18,20-21,23-24,26,30,33,53H,4-8,10-11,13-14,16,19,22,25,27-29,31-32,34-52H2,1-3H3/b12-9+,18-15+,20-17+,24-21+,26-23+,33-30+. The summed E-state index contributed by atoms with van der Waals surface area (Å²) in [4.78, 5) is 38.0. The molecule has 0 saturated heterocycles. The molecule has 0 saturated carbocycles. The number of allylic oxidation sites excluding steroid dienone is 12. The van der Waals surface area contributed by atoms with Crippen molar-refractivity contribution in [1.82, 2.24) is 0 Å². The number of unbranched alkanes of at least 4 members (excludes halogenated alkanes) is 27. The number of carbonyl (C=O) groups excluding carboxylic acids is 3. The lowest BCUT2D eigenvalue weighted by atomic mass is 10.0. The fourth-order valence-corrected chi connectivity index (χ4v) is 7.15. The molecule has 0 aliphatic heterocycles.